The molecule has 0 aliphatic heterocycles. The van der Waals surface area contributed by atoms with E-state index in [1.165, 1.54) is 25.3 Å². The van der Waals surface area contributed by atoms with Crippen LogP contribution in [0, 0.1) is 10.1 Å². The van der Waals surface area contributed by atoms with Gasteiger partial charge in [0.25, 0.3) is 5.69 Å². The maximum absolute atomic E-state index is 12.2. The van der Waals surface area contributed by atoms with Gasteiger partial charge in [-0.05, 0) is 24.3 Å². The van der Waals surface area contributed by atoms with Crippen molar-refractivity contribution in [2.75, 3.05) is 18.2 Å². The molecular weight excluding hydrogens is 398 g/mol. The second-order valence-electron chi connectivity index (χ2n) is 5.64. The summed E-state index contributed by atoms with van der Waals surface area (Å²) in [5.41, 5.74) is -0.158. The molecule has 0 atom stereocenters. The molecular formula is C18H17N5O5S. The maximum Gasteiger partial charge on any atom is 0.296 e. The van der Waals surface area contributed by atoms with Crippen molar-refractivity contribution in [3.63, 3.8) is 0 Å². The highest BCUT2D eigenvalue weighted by Gasteiger charge is 2.17. The van der Waals surface area contributed by atoms with Gasteiger partial charge in [-0.3, -0.25) is 20.0 Å². The molecule has 29 heavy (non-hydrogen) atoms. The number of carbonyl (C=O) groups excluding carboxylic acids is 1. The van der Waals surface area contributed by atoms with E-state index in [0.29, 0.717) is 22.5 Å². The lowest BCUT2D eigenvalue weighted by Gasteiger charge is -2.06. The van der Waals surface area contributed by atoms with Gasteiger partial charge in [0, 0.05) is 0 Å². The topological polar surface area (TPSA) is 132 Å². The van der Waals surface area contributed by atoms with Crippen LogP contribution in [0.5, 0.6) is 11.5 Å². The lowest BCUT2D eigenvalue weighted by Crippen LogP contribution is -2.15. The van der Waals surface area contributed by atoms with Gasteiger partial charge < -0.3 is 14.8 Å². The number of aromatic amines is 1. The summed E-state index contributed by atoms with van der Waals surface area (Å²) in [6.07, 6.45) is 0. The second kappa shape index (κ2) is 9.55. The van der Waals surface area contributed by atoms with E-state index in [9.17, 15) is 14.9 Å². The first kappa shape index (κ1) is 20.1. The van der Waals surface area contributed by atoms with Crippen LogP contribution >= 0.6 is 11.8 Å². The summed E-state index contributed by atoms with van der Waals surface area (Å²) in [5.74, 6) is 1.12. The fourth-order valence-electron chi connectivity index (χ4n) is 2.29. The molecule has 3 rings (SSSR count). The Balaban J connectivity index is 1.52. The maximum atomic E-state index is 12.2. The minimum atomic E-state index is -0.584. The molecule has 0 spiro atoms. The van der Waals surface area contributed by atoms with Gasteiger partial charge in [0.1, 0.15) is 23.8 Å². The number of amides is 1. The van der Waals surface area contributed by atoms with Crippen molar-refractivity contribution in [2.24, 2.45) is 0 Å². The van der Waals surface area contributed by atoms with Crippen LogP contribution in [0.4, 0.5) is 11.4 Å². The SMILES string of the molecule is COc1ccc(NC(=O)CSc2n[nH]c(COc3ccccc3)n2)c([N+](=O)[O-])c1. The standard InChI is InChI=1S/C18H17N5O5S/c1-27-13-7-8-14(15(9-13)23(25)26)19-17(24)11-29-18-20-16(21-22-18)10-28-12-5-3-2-4-6-12/h2-9H,10-11H2,1H3,(H,19,24)(H,20,21,22). The molecule has 0 radical (unpaired) electrons. The zero-order chi connectivity index (χ0) is 20.6. The van der Waals surface area contributed by atoms with E-state index < -0.39 is 10.8 Å². The van der Waals surface area contributed by atoms with E-state index in [1.54, 1.807) is 0 Å². The van der Waals surface area contributed by atoms with E-state index in [2.05, 4.69) is 20.5 Å². The number of para-hydroxylation sites is 1. The predicted molar refractivity (Wildman–Crippen MR) is 106 cm³/mol. The third-order valence-electron chi connectivity index (χ3n) is 3.64. The molecule has 3 aromatic rings. The molecule has 0 fully saturated rings. The zero-order valence-corrected chi connectivity index (χ0v) is 16.1. The van der Waals surface area contributed by atoms with E-state index in [1.807, 2.05) is 30.3 Å². The van der Waals surface area contributed by atoms with Gasteiger partial charge in [-0.2, -0.15) is 0 Å². The molecule has 0 aliphatic carbocycles. The number of nitro benzene ring substituents is 1. The second-order valence-corrected chi connectivity index (χ2v) is 6.59. The average molecular weight is 415 g/mol. The van der Waals surface area contributed by atoms with Crippen molar-refractivity contribution >= 4 is 29.0 Å². The number of benzene rings is 2. The number of hydrogen-bond donors (Lipinski definition) is 2. The number of carbonyl (C=O) groups is 1. The average Bonchev–Trinajstić information content (AvgIpc) is 3.19. The van der Waals surface area contributed by atoms with E-state index in [4.69, 9.17) is 9.47 Å². The number of ether oxygens (including phenoxy) is 2. The van der Waals surface area contributed by atoms with Gasteiger partial charge in [-0.25, -0.2) is 4.98 Å². The van der Waals surface area contributed by atoms with Crippen molar-refractivity contribution in [3.05, 3.63) is 64.5 Å². The Hall–Kier alpha value is -3.60. The normalized spacial score (nSPS) is 10.4. The Labute approximate surface area is 169 Å². The van der Waals surface area contributed by atoms with Crippen LogP contribution in [0.2, 0.25) is 0 Å². The minimum absolute atomic E-state index is 0.0139. The van der Waals surface area contributed by atoms with Crippen molar-refractivity contribution in [1.82, 2.24) is 15.2 Å². The highest BCUT2D eigenvalue weighted by molar-refractivity contribution is 7.99. The summed E-state index contributed by atoms with van der Waals surface area (Å²) in [5, 5.41) is 20.8. The summed E-state index contributed by atoms with van der Waals surface area (Å²) < 4.78 is 10.5. The molecule has 0 saturated heterocycles. The van der Waals surface area contributed by atoms with E-state index in [-0.39, 0.29) is 23.7 Å². The number of H-pyrrole nitrogens is 1. The number of aromatic nitrogens is 3. The highest BCUT2D eigenvalue weighted by Crippen LogP contribution is 2.29. The van der Waals surface area contributed by atoms with Gasteiger partial charge in [0.2, 0.25) is 11.1 Å². The van der Waals surface area contributed by atoms with Crippen LogP contribution in [0.15, 0.2) is 53.7 Å². The van der Waals surface area contributed by atoms with Crippen LogP contribution in [0.25, 0.3) is 0 Å². The van der Waals surface area contributed by atoms with Crippen LogP contribution < -0.4 is 14.8 Å². The van der Waals surface area contributed by atoms with E-state index >= 15 is 0 Å². The molecule has 0 saturated carbocycles. The summed E-state index contributed by atoms with van der Waals surface area (Å²) in [4.78, 5) is 27.0. The van der Waals surface area contributed by atoms with Crippen LogP contribution in [-0.2, 0) is 11.4 Å². The predicted octanol–water partition coefficient (Wildman–Crippen LogP) is 3.03. The van der Waals surface area contributed by atoms with Gasteiger partial charge >= 0.3 is 0 Å². The van der Waals surface area contributed by atoms with E-state index in [0.717, 1.165) is 11.8 Å². The van der Waals surface area contributed by atoms with Crippen LogP contribution in [-0.4, -0.2) is 38.9 Å². The summed E-state index contributed by atoms with van der Waals surface area (Å²) in [6, 6.07) is 13.5. The zero-order valence-electron chi connectivity index (χ0n) is 15.3. The van der Waals surface area contributed by atoms with Gasteiger partial charge in [-0.15, -0.1) is 5.10 Å². The summed E-state index contributed by atoms with van der Waals surface area (Å²) in [7, 11) is 1.41. The molecule has 0 unspecified atom stereocenters. The molecule has 11 heteroatoms. The molecule has 0 aliphatic rings. The quantitative estimate of drug-likeness (QED) is 0.310. The fraction of sp³-hybridized carbons (Fsp3) is 0.167. The summed E-state index contributed by atoms with van der Waals surface area (Å²) >= 11 is 1.10. The Morgan fingerprint density at radius 3 is 2.76 bits per heavy atom. The first-order chi connectivity index (χ1) is 14.0. The summed E-state index contributed by atoms with van der Waals surface area (Å²) in [6.45, 7) is 0.210. The fourth-order valence-corrected chi connectivity index (χ4v) is 2.90. The molecule has 2 N–H and O–H groups in total. The molecule has 1 amide bonds. The molecule has 10 nitrogen and oxygen atoms in total. The Kier molecular flexibility index (Phi) is 6.63. The Morgan fingerprint density at radius 2 is 2.03 bits per heavy atom. The molecule has 150 valence electrons. The van der Waals surface area contributed by atoms with Gasteiger partial charge in [0.05, 0.1) is 23.9 Å². The monoisotopic (exact) mass is 415 g/mol. The lowest BCUT2D eigenvalue weighted by atomic mass is 10.2. The van der Waals surface area contributed by atoms with Gasteiger partial charge in [0.15, 0.2) is 5.82 Å². The number of nitrogens with one attached hydrogen (secondary N) is 2. The molecule has 1 heterocycles. The van der Waals surface area contributed by atoms with Crippen molar-refractivity contribution in [1.29, 1.82) is 0 Å². The van der Waals surface area contributed by atoms with Crippen molar-refractivity contribution in [2.45, 2.75) is 11.8 Å². The van der Waals surface area contributed by atoms with Crippen molar-refractivity contribution in [3.8, 4) is 11.5 Å². The van der Waals surface area contributed by atoms with Gasteiger partial charge in [-0.1, -0.05) is 30.0 Å². The van der Waals surface area contributed by atoms with Crippen LogP contribution in [0.3, 0.4) is 0 Å². The number of nitro groups is 1. The highest BCUT2D eigenvalue weighted by atomic mass is 32.2. The first-order valence-corrected chi connectivity index (χ1v) is 9.38. The van der Waals surface area contributed by atoms with Crippen molar-refractivity contribution < 1.29 is 19.2 Å². The number of hydrogen-bond acceptors (Lipinski definition) is 8. The van der Waals surface area contributed by atoms with Crippen LogP contribution in [0.1, 0.15) is 5.82 Å². The lowest BCUT2D eigenvalue weighted by molar-refractivity contribution is -0.384. The first-order valence-electron chi connectivity index (χ1n) is 8.39. The number of anilines is 1. The largest absolute Gasteiger partial charge is 0.496 e. The number of methoxy groups -OCH3 is 1. The Morgan fingerprint density at radius 1 is 1.24 bits per heavy atom. The third-order valence-corrected chi connectivity index (χ3v) is 4.49. The molecule has 1 aromatic heterocycles. The Bertz CT molecular complexity index is 995. The number of rotatable bonds is 9. The number of nitrogens with zero attached hydrogens (tertiary/aromatic N) is 3. The third kappa shape index (κ3) is 5.69. The minimum Gasteiger partial charge on any atom is -0.496 e. The smallest absolute Gasteiger partial charge is 0.296 e. The number of thioether (sulfide) groups is 1. The molecule has 2 aromatic carbocycles. The molecule has 0 bridgehead atoms.